The number of hydrogen-bond acceptors (Lipinski definition) is 3. The van der Waals surface area contributed by atoms with E-state index in [0.29, 0.717) is 6.29 Å². The molecule has 0 bridgehead atoms. The minimum Gasteiger partial charge on any atom is -1.00 e. The normalized spacial score (nSPS) is 17.0. The predicted molar refractivity (Wildman–Crippen MR) is 274 cm³/mol. The highest BCUT2D eigenvalue weighted by molar-refractivity contribution is 7.95. The van der Waals surface area contributed by atoms with Gasteiger partial charge in [-0.05, 0) is 156 Å². The van der Waals surface area contributed by atoms with Crippen LogP contribution in [-0.2, 0) is 14.4 Å². The van der Waals surface area contributed by atoms with Gasteiger partial charge in [0.15, 0.2) is 0 Å². The molecular formula is C58H72ClO5P. The first-order valence-corrected chi connectivity index (χ1v) is 24.4. The first-order chi connectivity index (χ1) is 30.3. The van der Waals surface area contributed by atoms with Gasteiger partial charge in [0.1, 0.15) is 29.5 Å². The second-order valence-electron chi connectivity index (χ2n) is 18.3. The van der Waals surface area contributed by atoms with Crippen LogP contribution < -0.4 is 28.3 Å². The molecule has 0 amide bonds. The predicted octanol–water partition coefficient (Wildman–Crippen LogP) is 10.8. The van der Waals surface area contributed by atoms with Crippen LogP contribution in [0.1, 0.15) is 108 Å². The lowest BCUT2D eigenvalue weighted by atomic mass is 9.72. The van der Waals surface area contributed by atoms with Crippen LogP contribution in [0, 0.1) is 10.8 Å². The standard InChI is InChI=1S/C33H38P.C20H28O2.C5H6O3.ClH/c1-27(22-23-32-28(2)15-14-25-33(32,3)4)24-26-34(29-16-8-5-9-17-29,30-18-10-6-11-19-30)31-20-12-7-13-21-31;1-15(8-6-9-16(2)14-19(21)22)11-12-18-17(3)10-7-13-20(18,4)5;1-4(3-6)2-5(7)8;/h5-13,16-24H,14-15,25-26H2,1-4H3;6,8-9,11-12,14H,7,10,13H2,1-5H3,(H,21,22);2-3H,1H3,(H,7,8);1H/q+1;;;/p-1/b23-22+,27-24-;9-6+,12-11+,15-8-,16-14+;4-2+;. The van der Waals surface area contributed by atoms with E-state index in [1.807, 2.05) is 12.2 Å². The van der Waals surface area contributed by atoms with Gasteiger partial charge in [-0.1, -0.05) is 147 Å². The lowest BCUT2D eigenvalue weighted by Crippen LogP contribution is -3.00. The molecular weight excluding hydrogens is 843 g/mol. The second kappa shape index (κ2) is 27.2. The molecule has 2 aliphatic rings. The van der Waals surface area contributed by atoms with Crippen LogP contribution in [0.4, 0.5) is 0 Å². The zero-order valence-electron chi connectivity index (χ0n) is 40.4. The number of hydrogen-bond donors (Lipinski definition) is 2. The molecule has 0 fully saturated rings. The minimum absolute atomic E-state index is 0. The number of carboxylic acids is 2. The van der Waals surface area contributed by atoms with Crippen molar-refractivity contribution in [2.24, 2.45) is 10.8 Å². The number of rotatable bonds is 14. The van der Waals surface area contributed by atoms with Crippen LogP contribution in [0.3, 0.4) is 0 Å². The van der Waals surface area contributed by atoms with Crippen LogP contribution in [0.15, 0.2) is 196 Å². The smallest absolute Gasteiger partial charge is 0.328 e. The summed E-state index contributed by atoms with van der Waals surface area (Å²) >= 11 is 0. The number of aliphatic carboxylic acids is 2. The number of allylic oxidation sites excluding steroid dienone is 16. The van der Waals surface area contributed by atoms with E-state index in [4.69, 9.17) is 10.2 Å². The molecule has 2 N–H and O–H groups in total. The summed E-state index contributed by atoms with van der Waals surface area (Å²) in [5.74, 6) is -2.00. The van der Waals surface area contributed by atoms with E-state index in [0.717, 1.165) is 23.4 Å². The van der Waals surface area contributed by atoms with Crippen LogP contribution in [0.5, 0.6) is 0 Å². The molecule has 3 aromatic carbocycles. The highest BCUT2D eigenvalue weighted by Crippen LogP contribution is 2.55. The summed E-state index contributed by atoms with van der Waals surface area (Å²) in [6.45, 7) is 21.5. The van der Waals surface area contributed by atoms with Crippen molar-refractivity contribution in [3.05, 3.63) is 196 Å². The van der Waals surface area contributed by atoms with Crippen molar-refractivity contribution in [3.63, 3.8) is 0 Å². The lowest BCUT2D eigenvalue weighted by molar-refractivity contribution is -0.132. The average Bonchev–Trinajstić information content (AvgIpc) is 3.24. The third-order valence-corrected chi connectivity index (χ3v) is 16.3. The maximum absolute atomic E-state index is 10.5. The fourth-order valence-corrected chi connectivity index (χ4v) is 12.6. The fraction of sp³-hybridized carbons (Fsp3) is 0.328. The highest BCUT2D eigenvalue weighted by atomic mass is 35.5. The van der Waals surface area contributed by atoms with Gasteiger partial charge in [-0.15, -0.1) is 0 Å². The largest absolute Gasteiger partial charge is 1.00 e. The SMILES string of the molecule is C/C(C=O)=C\C(=O)O.CC1=C(/C=C/C(C)=C\C=C\C(C)=C\C(=O)O)C(C)(C)CCC1.CC1=C(/C=C/C(C)=C\C[P+](c2ccccc2)(c2ccccc2)c2ccccc2)C(C)(C)CCC1.[Cl-]. The number of carbonyl (C=O) groups excluding carboxylic acids is 1. The average molecular weight is 916 g/mol. The van der Waals surface area contributed by atoms with E-state index in [9.17, 15) is 14.4 Å². The Bertz CT molecular complexity index is 2220. The molecule has 0 unspecified atom stereocenters. The Labute approximate surface area is 397 Å². The van der Waals surface area contributed by atoms with E-state index in [1.165, 1.54) is 89.7 Å². The number of halogens is 1. The monoisotopic (exact) mass is 914 g/mol. The third kappa shape index (κ3) is 17.9. The molecule has 346 valence electrons. The Morgan fingerprint density at radius 3 is 1.32 bits per heavy atom. The molecule has 0 aliphatic heterocycles. The maximum atomic E-state index is 10.5. The van der Waals surface area contributed by atoms with Crippen LogP contribution in [0.2, 0.25) is 0 Å². The quantitative estimate of drug-likeness (QED) is 0.0728. The number of carboxylic acid groups (broad SMARTS) is 2. The highest BCUT2D eigenvalue weighted by Gasteiger charge is 2.44. The fourth-order valence-electron chi connectivity index (χ4n) is 8.49. The molecule has 0 radical (unpaired) electrons. The number of benzene rings is 3. The van der Waals surface area contributed by atoms with Crippen molar-refractivity contribution < 1.29 is 37.0 Å². The van der Waals surface area contributed by atoms with Gasteiger partial charge in [0.2, 0.25) is 0 Å². The number of carbonyl (C=O) groups is 3. The second-order valence-corrected chi connectivity index (χ2v) is 21.9. The zero-order valence-corrected chi connectivity index (χ0v) is 42.1. The summed E-state index contributed by atoms with van der Waals surface area (Å²) in [6.07, 6.45) is 28.4. The summed E-state index contributed by atoms with van der Waals surface area (Å²) in [6, 6.07) is 33.4. The molecule has 5 nitrogen and oxygen atoms in total. The van der Waals surface area contributed by atoms with Crippen molar-refractivity contribution in [2.75, 3.05) is 6.16 Å². The van der Waals surface area contributed by atoms with Gasteiger partial charge in [-0.25, -0.2) is 9.59 Å². The summed E-state index contributed by atoms with van der Waals surface area (Å²) < 4.78 is 0. The summed E-state index contributed by atoms with van der Waals surface area (Å²) in [7, 11) is -1.82. The van der Waals surface area contributed by atoms with Gasteiger partial charge in [0, 0.05) is 12.2 Å². The Morgan fingerprint density at radius 2 is 0.969 bits per heavy atom. The van der Waals surface area contributed by atoms with E-state index in [-0.39, 0.29) is 28.8 Å². The van der Waals surface area contributed by atoms with E-state index in [2.05, 4.69) is 177 Å². The molecule has 0 saturated carbocycles. The Hall–Kier alpha value is -5.35. The first kappa shape index (κ1) is 55.8. The minimum atomic E-state index is -1.82. The van der Waals surface area contributed by atoms with Gasteiger partial charge in [0.05, 0.1) is 6.16 Å². The molecule has 0 spiro atoms. The van der Waals surface area contributed by atoms with Gasteiger partial charge < -0.3 is 22.6 Å². The number of aldehydes is 1. The van der Waals surface area contributed by atoms with Crippen molar-refractivity contribution in [1.82, 2.24) is 0 Å². The summed E-state index contributed by atoms with van der Waals surface area (Å²) in [4.78, 5) is 30.0. The van der Waals surface area contributed by atoms with Gasteiger partial charge in [-0.2, -0.15) is 0 Å². The van der Waals surface area contributed by atoms with Gasteiger partial charge in [0.25, 0.3) is 0 Å². The molecule has 0 atom stereocenters. The molecule has 0 aromatic heterocycles. The lowest BCUT2D eigenvalue weighted by Gasteiger charge is -2.33. The molecule has 3 aromatic rings. The van der Waals surface area contributed by atoms with Crippen LogP contribution in [0.25, 0.3) is 0 Å². The third-order valence-electron chi connectivity index (χ3n) is 12.0. The topological polar surface area (TPSA) is 91.7 Å². The molecule has 5 rings (SSSR count). The molecule has 0 saturated heterocycles. The van der Waals surface area contributed by atoms with Crippen LogP contribution >= 0.6 is 7.26 Å². The van der Waals surface area contributed by atoms with Crippen LogP contribution in [-0.4, -0.2) is 34.6 Å². The van der Waals surface area contributed by atoms with Crippen molar-refractivity contribution in [1.29, 1.82) is 0 Å². The molecule has 0 heterocycles. The van der Waals surface area contributed by atoms with Gasteiger partial charge >= 0.3 is 11.9 Å². The van der Waals surface area contributed by atoms with E-state index >= 15 is 0 Å². The Morgan fingerprint density at radius 1 is 0.585 bits per heavy atom. The van der Waals surface area contributed by atoms with Gasteiger partial charge in [-0.3, -0.25) is 4.79 Å². The summed E-state index contributed by atoms with van der Waals surface area (Å²) in [5, 5.41) is 20.9. The molecule has 7 heteroatoms. The zero-order chi connectivity index (χ0) is 47.3. The van der Waals surface area contributed by atoms with Crippen molar-refractivity contribution >= 4 is 41.4 Å². The Balaban J connectivity index is 0.000000402. The first-order valence-electron chi connectivity index (χ1n) is 22.4. The van der Waals surface area contributed by atoms with E-state index in [1.54, 1.807) is 18.6 Å². The van der Waals surface area contributed by atoms with Crippen molar-refractivity contribution in [3.8, 4) is 0 Å². The maximum Gasteiger partial charge on any atom is 0.328 e. The van der Waals surface area contributed by atoms with Crippen molar-refractivity contribution in [2.45, 2.75) is 108 Å². The van der Waals surface area contributed by atoms with E-state index < -0.39 is 19.2 Å². The summed E-state index contributed by atoms with van der Waals surface area (Å²) in [5.41, 5.74) is 10.0. The molecule has 65 heavy (non-hydrogen) atoms. The Kier molecular flexibility index (Phi) is 23.3. The molecule has 2 aliphatic carbocycles.